The molecule has 184 valence electrons. The van der Waals surface area contributed by atoms with E-state index in [-0.39, 0.29) is 54.2 Å². The summed E-state index contributed by atoms with van der Waals surface area (Å²) < 4.78 is 32.5. The van der Waals surface area contributed by atoms with E-state index in [1.165, 1.54) is 4.90 Å². The topological polar surface area (TPSA) is 143 Å². The van der Waals surface area contributed by atoms with E-state index in [4.69, 9.17) is 14.0 Å². The summed E-state index contributed by atoms with van der Waals surface area (Å²) in [6.45, 7) is 5.63. The maximum absolute atomic E-state index is 16.1. The summed E-state index contributed by atoms with van der Waals surface area (Å²) in [6, 6.07) is -0.219. The summed E-state index contributed by atoms with van der Waals surface area (Å²) in [6.07, 6.45) is -2.19. The van der Waals surface area contributed by atoms with Gasteiger partial charge in [-0.2, -0.15) is 0 Å². The number of hydrogen-bond donors (Lipinski definition) is 2. The Kier molecular flexibility index (Phi) is 4.44. The number of cyclic esters (lactones) is 1. The first-order valence-electron chi connectivity index (χ1n) is 11.3. The number of fused-ring (bicyclic) bond motifs is 5. The average Bonchev–Trinajstić information content (AvgIpc) is 3.33. The minimum atomic E-state index is -1.75. The molecule has 4 unspecified atom stereocenters. The predicted molar refractivity (Wildman–Crippen MR) is 116 cm³/mol. The fourth-order valence-corrected chi connectivity index (χ4v) is 5.91. The van der Waals surface area contributed by atoms with Crippen LogP contribution in [-0.4, -0.2) is 66.5 Å². The minimum absolute atomic E-state index is 0.0867. The number of morpholine rings is 1. The van der Waals surface area contributed by atoms with Gasteiger partial charge in [-0.3, -0.25) is 25.1 Å². The van der Waals surface area contributed by atoms with E-state index < -0.39 is 47.3 Å². The van der Waals surface area contributed by atoms with Gasteiger partial charge in [0.2, 0.25) is 17.4 Å². The molecule has 4 atom stereocenters. The Balaban J connectivity index is 1.57. The van der Waals surface area contributed by atoms with Crippen molar-refractivity contribution in [2.75, 3.05) is 22.9 Å². The van der Waals surface area contributed by atoms with Gasteiger partial charge in [0.1, 0.15) is 6.10 Å². The third kappa shape index (κ3) is 2.84. The van der Waals surface area contributed by atoms with E-state index in [1.807, 2.05) is 0 Å². The Bertz CT molecular complexity index is 1300. The van der Waals surface area contributed by atoms with Crippen LogP contribution in [0.2, 0.25) is 0 Å². The zero-order valence-electron chi connectivity index (χ0n) is 19.1. The van der Waals surface area contributed by atoms with Gasteiger partial charge in [0.25, 0.3) is 0 Å². The fraction of sp³-hybridized carbons (Fsp3) is 0.500. The molecule has 35 heavy (non-hydrogen) atoms. The summed E-state index contributed by atoms with van der Waals surface area (Å²) in [5.74, 6) is -2.19. The number of amides is 5. The van der Waals surface area contributed by atoms with Crippen LogP contribution in [0.3, 0.4) is 0 Å². The number of hydrogen-bond acceptors (Lipinski definition) is 9. The van der Waals surface area contributed by atoms with E-state index in [9.17, 15) is 19.2 Å². The number of benzene rings is 1. The lowest BCUT2D eigenvalue weighted by Gasteiger charge is -2.55. The van der Waals surface area contributed by atoms with E-state index in [0.717, 1.165) is 0 Å². The van der Waals surface area contributed by atoms with Crippen molar-refractivity contribution in [2.45, 2.75) is 51.5 Å². The number of carbonyl (C=O) groups is 4. The lowest BCUT2D eigenvalue weighted by atomic mass is 9.66. The molecule has 0 bridgehead atoms. The van der Waals surface area contributed by atoms with Crippen LogP contribution >= 0.6 is 0 Å². The van der Waals surface area contributed by atoms with Crippen LogP contribution < -0.4 is 20.4 Å². The quantitative estimate of drug-likeness (QED) is 0.567. The molecule has 1 aromatic heterocycles. The normalized spacial score (nSPS) is 29.7. The van der Waals surface area contributed by atoms with Crippen molar-refractivity contribution >= 4 is 46.4 Å². The summed E-state index contributed by atoms with van der Waals surface area (Å²) in [7, 11) is 0. The average molecular weight is 487 g/mol. The van der Waals surface area contributed by atoms with Gasteiger partial charge in [0.15, 0.2) is 17.1 Å². The highest BCUT2D eigenvalue weighted by Gasteiger charge is 2.63. The number of carbonyl (C=O) groups excluding carboxylic acids is 4. The molecular formula is C22H22FN5O7. The van der Waals surface area contributed by atoms with Crippen LogP contribution in [0.15, 0.2) is 10.6 Å². The number of nitrogens with zero attached hydrogens (tertiary/aromatic N) is 3. The zero-order valence-corrected chi connectivity index (χ0v) is 19.1. The Labute approximate surface area is 197 Å². The van der Waals surface area contributed by atoms with Crippen LogP contribution in [0.5, 0.6) is 0 Å². The molecule has 0 radical (unpaired) electrons. The van der Waals surface area contributed by atoms with Gasteiger partial charge >= 0.3 is 12.1 Å². The first-order chi connectivity index (χ1) is 16.6. The van der Waals surface area contributed by atoms with E-state index >= 15 is 4.39 Å². The zero-order chi connectivity index (χ0) is 24.8. The lowest BCUT2D eigenvalue weighted by Crippen LogP contribution is -2.75. The molecule has 4 aliphatic heterocycles. The SMILES string of the molecule is CC1CN(c2noc3c(F)c4c(cc23)CC2(C(=O)NC(=O)NC2=O)C2C(C)OC(C)CN42)C(=O)O1. The lowest BCUT2D eigenvalue weighted by molar-refractivity contribution is -0.153. The Morgan fingerprint density at radius 2 is 1.80 bits per heavy atom. The number of halogens is 1. The van der Waals surface area contributed by atoms with E-state index in [2.05, 4.69) is 15.8 Å². The summed E-state index contributed by atoms with van der Waals surface area (Å²) in [5, 5.41) is 8.53. The highest BCUT2D eigenvalue weighted by molar-refractivity contribution is 6.20. The highest BCUT2D eigenvalue weighted by atomic mass is 19.1. The number of aromatic nitrogens is 1. The predicted octanol–water partition coefficient (Wildman–Crippen LogP) is 1.20. The molecule has 5 amide bonds. The summed E-state index contributed by atoms with van der Waals surface area (Å²) in [5.41, 5.74) is -1.38. The molecule has 0 aliphatic carbocycles. The van der Waals surface area contributed by atoms with Crippen LogP contribution in [-0.2, 0) is 25.5 Å². The second-order valence-corrected chi connectivity index (χ2v) is 9.52. The van der Waals surface area contributed by atoms with Crippen molar-refractivity contribution in [1.29, 1.82) is 0 Å². The van der Waals surface area contributed by atoms with Gasteiger partial charge in [-0.05, 0) is 32.4 Å². The molecule has 4 aliphatic rings. The number of nitrogens with one attached hydrogen (secondary N) is 2. The highest BCUT2D eigenvalue weighted by Crippen LogP contribution is 2.49. The largest absolute Gasteiger partial charge is 0.444 e. The summed E-state index contributed by atoms with van der Waals surface area (Å²) >= 11 is 0. The van der Waals surface area contributed by atoms with Crippen LogP contribution in [0.4, 0.5) is 25.5 Å². The molecule has 0 saturated carbocycles. The molecule has 1 aromatic carbocycles. The maximum atomic E-state index is 16.1. The van der Waals surface area contributed by atoms with Crippen LogP contribution in [0.1, 0.15) is 26.3 Å². The second-order valence-electron chi connectivity index (χ2n) is 9.52. The van der Waals surface area contributed by atoms with Crippen molar-refractivity contribution in [3.63, 3.8) is 0 Å². The van der Waals surface area contributed by atoms with Gasteiger partial charge in [0.05, 0.1) is 35.9 Å². The monoisotopic (exact) mass is 487 g/mol. The third-order valence-corrected chi connectivity index (χ3v) is 7.16. The van der Waals surface area contributed by atoms with Crippen LogP contribution in [0, 0.1) is 11.2 Å². The first-order valence-corrected chi connectivity index (χ1v) is 11.3. The number of ether oxygens (including phenoxy) is 2. The number of rotatable bonds is 1. The molecule has 3 fully saturated rings. The third-order valence-electron chi connectivity index (χ3n) is 7.16. The second kappa shape index (κ2) is 7.13. The number of urea groups is 1. The van der Waals surface area contributed by atoms with E-state index in [0.29, 0.717) is 5.56 Å². The fourth-order valence-electron chi connectivity index (χ4n) is 5.91. The molecule has 12 nitrogen and oxygen atoms in total. The molecule has 2 N–H and O–H groups in total. The standard InChI is InChI=1S/C22H22FN5O7/c1-8-6-27-14-11(5-22(16(27)10(3)33-8)18(29)24-20(31)25-19(22)30)4-12-15(13(14)23)35-26-17(12)28-7-9(2)34-21(28)32/h4,8-10,16H,5-7H2,1-3H3,(H2,24,25,29,30,31). The van der Waals surface area contributed by atoms with Gasteiger partial charge in [-0.25, -0.2) is 14.0 Å². The Morgan fingerprint density at radius 3 is 2.46 bits per heavy atom. The first kappa shape index (κ1) is 21.8. The molecule has 1 spiro atoms. The molecule has 3 saturated heterocycles. The molecule has 13 heteroatoms. The molecule has 2 aromatic rings. The Hall–Kier alpha value is -3.74. The van der Waals surface area contributed by atoms with Crippen molar-refractivity contribution in [3.8, 4) is 0 Å². The van der Waals surface area contributed by atoms with Crippen molar-refractivity contribution < 1.29 is 37.6 Å². The smallest absolute Gasteiger partial charge is 0.416 e. The van der Waals surface area contributed by atoms with Crippen molar-refractivity contribution in [3.05, 3.63) is 17.4 Å². The number of imide groups is 2. The summed E-state index contributed by atoms with van der Waals surface area (Å²) in [4.78, 5) is 53.6. The minimum Gasteiger partial charge on any atom is -0.444 e. The Morgan fingerprint density at radius 1 is 1.09 bits per heavy atom. The van der Waals surface area contributed by atoms with E-state index in [1.54, 1.807) is 31.7 Å². The van der Waals surface area contributed by atoms with Gasteiger partial charge in [-0.1, -0.05) is 5.16 Å². The molecule has 5 heterocycles. The molecule has 6 rings (SSSR count). The van der Waals surface area contributed by atoms with Gasteiger partial charge in [-0.15, -0.1) is 0 Å². The maximum Gasteiger partial charge on any atom is 0.416 e. The van der Waals surface area contributed by atoms with Crippen molar-refractivity contribution in [2.24, 2.45) is 5.41 Å². The van der Waals surface area contributed by atoms with Crippen LogP contribution in [0.25, 0.3) is 11.0 Å². The number of anilines is 2. The molecular weight excluding hydrogens is 465 g/mol. The van der Waals surface area contributed by atoms with Gasteiger partial charge in [0, 0.05) is 13.0 Å². The number of barbiturate groups is 1. The van der Waals surface area contributed by atoms with Crippen molar-refractivity contribution in [1.82, 2.24) is 15.8 Å². The van der Waals surface area contributed by atoms with Gasteiger partial charge < -0.3 is 18.9 Å².